The average Bonchev–Trinajstić information content (AvgIpc) is 1.88. The molecule has 0 aliphatic rings. The minimum absolute atomic E-state index is 0. The Bertz CT molecular complexity index is 265. The monoisotopic (exact) mass is 174 g/mol. The van der Waals surface area contributed by atoms with E-state index in [9.17, 15) is 4.79 Å². The van der Waals surface area contributed by atoms with Crippen LogP contribution in [0.5, 0.6) is 0 Å². The van der Waals surface area contributed by atoms with E-state index >= 15 is 0 Å². The molecule has 0 aliphatic carbocycles. The Morgan fingerprint density at radius 3 is 2.64 bits per heavy atom. The van der Waals surface area contributed by atoms with Crippen molar-refractivity contribution in [3.8, 4) is 0 Å². The molecule has 1 heterocycles. The van der Waals surface area contributed by atoms with Gasteiger partial charge >= 0.3 is 5.97 Å². The Kier molecular flexibility index (Phi) is 3.47. The van der Waals surface area contributed by atoms with Crippen LogP contribution in [0.15, 0.2) is 12.3 Å². The van der Waals surface area contributed by atoms with E-state index in [1.54, 1.807) is 6.92 Å². The van der Waals surface area contributed by atoms with E-state index < -0.39 is 5.97 Å². The second-order valence-corrected chi connectivity index (χ2v) is 1.89. The lowest BCUT2D eigenvalue weighted by molar-refractivity contribution is 0.0696. The third-order valence-electron chi connectivity index (χ3n) is 1.02. The summed E-state index contributed by atoms with van der Waals surface area (Å²) in [6.45, 7) is 1.69. The number of hydrogen-bond acceptors (Lipinski definition) is 3. The molecule has 1 aromatic rings. The summed E-state index contributed by atoms with van der Waals surface area (Å²) >= 11 is 0. The van der Waals surface area contributed by atoms with Crippen LogP contribution in [-0.4, -0.2) is 21.3 Å². The third-order valence-corrected chi connectivity index (χ3v) is 1.02. The fourth-order valence-electron chi connectivity index (χ4n) is 0.590. The summed E-state index contributed by atoms with van der Waals surface area (Å²) in [7, 11) is 0. The van der Waals surface area contributed by atoms with Gasteiger partial charge in [-0.05, 0) is 13.0 Å². The van der Waals surface area contributed by atoms with Gasteiger partial charge in [0.05, 0.1) is 17.5 Å². The fourth-order valence-corrected chi connectivity index (χ4v) is 0.590. The number of nitrogens with zero attached hydrogens (tertiary/aromatic N) is 2. The van der Waals surface area contributed by atoms with Crippen molar-refractivity contribution in [2.75, 3.05) is 0 Å². The third kappa shape index (κ3) is 2.51. The molecular weight excluding hydrogens is 168 g/mol. The van der Waals surface area contributed by atoms with Gasteiger partial charge in [0, 0.05) is 0 Å². The van der Waals surface area contributed by atoms with Crippen LogP contribution in [0.3, 0.4) is 0 Å². The van der Waals surface area contributed by atoms with Crippen LogP contribution in [0.25, 0.3) is 0 Å². The first-order valence-corrected chi connectivity index (χ1v) is 2.73. The smallest absolute Gasteiger partial charge is 0.337 e. The van der Waals surface area contributed by atoms with Crippen LogP contribution >= 0.6 is 12.4 Å². The normalized spacial score (nSPS) is 8.45. The lowest BCUT2D eigenvalue weighted by Crippen LogP contribution is -1.98. The highest BCUT2D eigenvalue weighted by molar-refractivity contribution is 5.87. The van der Waals surface area contributed by atoms with Gasteiger partial charge in [-0.2, -0.15) is 10.2 Å². The number of carbonyl (C=O) groups is 1. The minimum atomic E-state index is -0.974. The van der Waals surface area contributed by atoms with E-state index in [1.165, 1.54) is 12.3 Å². The maximum atomic E-state index is 10.3. The summed E-state index contributed by atoms with van der Waals surface area (Å²) in [4.78, 5) is 10.3. The SMILES string of the molecule is Cc1cc(C(=O)O)cnn1.Cl. The highest BCUT2D eigenvalue weighted by atomic mass is 35.5. The molecule has 0 spiro atoms. The maximum Gasteiger partial charge on any atom is 0.337 e. The largest absolute Gasteiger partial charge is 0.478 e. The van der Waals surface area contributed by atoms with Crippen LogP contribution in [0.1, 0.15) is 16.1 Å². The number of carboxylic acid groups (broad SMARTS) is 1. The molecule has 60 valence electrons. The Hall–Kier alpha value is -1.16. The van der Waals surface area contributed by atoms with E-state index in [4.69, 9.17) is 5.11 Å². The number of halogens is 1. The van der Waals surface area contributed by atoms with E-state index in [-0.39, 0.29) is 18.0 Å². The predicted octanol–water partition coefficient (Wildman–Crippen LogP) is 0.905. The van der Waals surface area contributed by atoms with Crippen molar-refractivity contribution in [1.82, 2.24) is 10.2 Å². The van der Waals surface area contributed by atoms with Gasteiger partial charge < -0.3 is 5.11 Å². The first-order valence-electron chi connectivity index (χ1n) is 2.73. The number of aromatic carboxylic acids is 1. The van der Waals surface area contributed by atoms with Crippen molar-refractivity contribution in [2.45, 2.75) is 6.92 Å². The van der Waals surface area contributed by atoms with Gasteiger partial charge in [0.25, 0.3) is 0 Å². The van der Waals surface area contributed by atoms with E-state index in [1.807, 2.05) is 0 Å². The second-order valence-electron chi connectivity index (χ2n) is 1.89. The number of aryl methyl sites for hydroxylation is 1. The Labute approximate surface area is 69.7 Å². The molecule has 0 atom stereocenters. The molecule has 0 saturated heterocycles. The molecule has 0 amide bonds. The highest BCUT2D eigenvalue weighted by Crippen LogP contribution is 1.96. The topological polar surface area (TPSA) is 63.1 Å². The first-order chi connectivity index (χ1) is 4.70. The van der Waals surface area contributed by atoms with Crippen molar-refractivity contribution < 1.29 is 9.90 Å². The summed E-state index contributed by atoms with van der Waals surface area (Å²) < 4.78 is 0. The van der Waals surface area contributed by atoms with Gasteiger partial charge in [0.15, 0.2) is 0 Å². The van der Waals surface area contributed by atoms with Crippen LogP contribution < -0.4 is 0 Å². The predicted molar refractivity (Wildman–Crippen MR) is 41.0 cm³/mol. The van der Waals surface area contributed by atoms with Gasteiger partial charge in [-0.3, -0.25) is 0 Å². The minimum Gasteiger partial charge on any atom is -0.478 e. The van der Waals surface area contributed by atoms with E-state index in [0.717, 1.165) is 0 Å². The van der Waals surface area contributed by atoms with Crippen molar-refractivity contribution in [2.24, 2.45) is 0 Å². The van der Waals surface area contributed by atoms with Gasteiger partial charge in [-0.1, -0.05) is 0 Å². The quantitative estimate of drug-likeness (QED) is 0.687. The van der Waals surface area contributed by atoms with Crippen LogP contribution in [0.4, 0.5) is 0 Å². The Morgan fingerprint density at radius 2 is 2.27 bits per heavy atom. The van der Waals surface area contributed by atoms with E-state index in [2.05, 4.69) is 10.2 Å². The first kappa shape index (κ1) is 9.84. The van der Waals surface area contributed by atoms with Crippen molar-refractivity contribution in [1.29, 1.82) is 0 Å². The summed E-state index contributed by atoms with van der Waals surface area (Å²) in [5.41, 5.74) is 0.785. The Morgan fingerprint density at radius 1 is 1.64 bits per heavy atom. The Balaban J connectivity index is 0.000001000. The molecule has 0 aromatic carbocycles. The zero-order valence-corrected chi connectivity index (χ0v) is 6.63. The van der Waals surface area contributed by atoms with Crippen LogP contribution in [-0.2, 0) is 0 Å². The van der Waals surface area contributed by atoms with Gasteiger partial charge in [-0.15, -0.1) is 12.4 Å². The average molecular weight is 175 g/mol. The molecule has 1 rings (SSSR count). The highest BCUT2D eigenvalue weighted by Gasteiger charge is 2.01. The number of carboxylic acids is 1. The standard InChI is InChI=1S/C6H6N2O2.ClH/c1-4-2-5(6(9)10)3-7-8-4;/h2-3H,1H3,(H,9,10);1H. The summed E-state index contributed by atoms with van der Waals surface area (Å²) in [5, 5.41) is 15.5. The maximum absolute atomic E-state index is 10.3. The lowest BCUT2D eigenvalue weighted by Gasteiger charge is -1.91. The van der Waals surface area contributed by atoms with E-state index in [0.29, 0.717) is 5.69 Å². The number of hydrogen-bond donors (Lipinski definition) is 1. The molecule has 5 heteroatoms. The zero-order valence-electron chi connectivity index (χ0n) is 5.81. The number of aromatic nitrogens is 2. The molecule has 1 N–H and O–H groups in total. The molecule has 0 radical (unpaired) electrons. The van der Waals surface area contributed by atoms with Crippen LogP contribution in [0, 0.1) is 6.92 Å². The van der Waals surface area contributed by atoms with Crippen molar-refractivity contribution in [3.63, 3.8) is 0 Å². The molecular formula is C6H7ClN2O2. The molecule has 0 aliphatic heterocycles. The molecule has 1 aromatic heterocycles. The second kappa shape index (κ2) is 3.88. The number of rotatable bonds is 1. The molecule has 4 nitrogen and oxygen atoms in total. The summed E-state index contributed by atoms with van der Waals surface area (Å²) in [6.07, 6.45) is 1.22. The molecule has 0 bridgehead atoms. The van der Waals surface area contributed by atoms with Crippen LogP contribution in [0.2, 0.25) is 0 Å². The summed E-state index contributed by atoms with van der Waals surface area (Å²) in [6, 6.07) is 1.47. The molecule has 0 unspecified atom stereocenters. The van der Waals surface area contributed by atoms with Gasteiger partial charge in [0.1, 0.15) is 0 Å². The van der Waals surface area contributed by atoms with Crippen molar-refractivity contribution >= 4 is 18.4 Å². The molecule has 11 heavy (non-hydrogen) atoms. The van der Waals surface area contributed by atoms with Gasteiger partial charge in [-0.25, -0.2) is 4.79 Å². The molecule has 0 fully saturated rings. The van der Waals surface area contributed by atoms with Gasteiger partial charge in [0.2, 0.25) is 0 Å². The zero-order chi connectivity index (χ0) is 7.56. The lowest BCUT2D eigenvalue weighted by atomic mass is 10.3. The summed E-state index contributed by atoms with van der Waals surface area (Å²) in [5.74, 6) is -0.974. The van der Waals surface area contributed by atoms with Crippen molar-refractivity contribution in [3.05, 3.63) is 23.5 Å². The molecule has 0 saturated carbocycles. The fraction of sp³-hybridized carbons (Fsp3) is 0.167.